The maximum atomic E-state index is 14.2. The molecule has 7 heteroatoms. The lowest BCUT2D eigenvalue weighted by molar-refractivity contribution is 0.159. The van der Waals surface area contributed by atoms with Gasteiger partial charge in [-0.1, -0.05) is 44.7 Å². The van der Waals surface area contributed by atoms with Crippen LogP contribution in [0, 0.1) is 5.82 Å². The van der Waals surface area contributed by atoms with E-state index < -0.39 is 0 Å². The van der Waals surface area contributed by atoms with E-state index >= 15 is 0 Å². The predicted molar refractivity (Wildman–Crippen MR) is 108 cm³/mol. The normalized spacial score (nSPS) is 20.0. The highest BCUT2D eigenvalue weighted by Gasteiger charge is 2.31. The Morgan fingerprint density at radius 1 is 1.11 bits per heavy atom. The summed E-state index contributed by atoms with van der Waals surface area (Å²) in [6, 6.07) is 7.78. The van der Waals surface area contributed by atoms with Crippen LogP contribution in [0.2, 0.25) is 0 Å². The fourth-order valence-corrected chi connectivity index (χ4v) is 4.68. The summed E-state index contributed by atoms with van der Waals surface area (Å²) in [5.41, 5.74) is 0.711. The third-order valence-electron chi connectivity index (χ3n) is 6.27. The van der Waals surface area contributed by atoms with Crippen LogP contribution in [-0.4, -0.2) is 51.3 Å². The number of aromatic nitrogens is 4. The molecule has 1 aromatic carbocycles. The number of hydrogen-bond acceptors (Lipinski definition) is 5. The minimum atomic E-state index is -0.136. The predicted octanol–water partition coefficient (Wildman–Crippen LogP) is 3.98. The molecule has 4 rings (SSSR count). The Balaban J connectivity index is 1.49. The smallest absolute Gasteiger partial charge is 0.168 e. The lowest BCUT2D eigenvalue weighted by Gasteiger charge is -2.40. The maximum Gasteiger partial charge on any atom is 0.168 e. The number of nitrogens with zero attached hydrogens (tertiary/aromatic N) is 6. The molecule has 1 aromatic heterocycles. The summed E-state index contributed by atoms with van der Waals surface area (Å²) in [6.45, 7) is 5.69. The second-order valence-corrected chi connectivity index (χ2v) is 8.05. The van der Waals surface area contributed by atoms with Crippen LogP contribution in [0.5, 0.6) is 0 Å². The van der Waals surface area contributed by atoms with Crippen molar-refractivity contribution >= 4 is 5.69 Å². The molecule has 1 atom stereocenters. The van der Waals surface area contributed by atoms with Crippen LogP contribution >= 0.6 is 0 Å². The first-order valence-electron chi connectivity index (χ1n) is 10.8. The summed E-state index contributed by atoms with van der Waals surface area (Å²) in [6.07, 6.45) is 8.30. The highest BCUT2D eigenvalue weighted by atomic mass is 19.1. The summed E-state index contributed by atoms with van der Waals surface area (Å²) in [5, 5.41) is 12.9. The van der Waals surface area contributed by atoms with Crippen molar-refractivity contribution in [3.05, 3.63) is 35.9 Å². The summed E-state index contributed by atoms with van der Waals surface area (Å²) in [4.78, 5) is 4.66. The van der Waals surface area contributed by atoms with Gasteiger partial charge in [0.2, 0.25) is 0 Å². The molecule has 2 fully saturated rings. The van der Waals surface area contributed by atoms with E-state index in [4.69, 9.17) is 0 Å². The third kappa shape index (κ3) is 4.04. The first kappa shape index (κ1) is 19.3. The van der Waals surface area contributed by atoms with E-state index in [-0.39, 0.29) is 11.9 Å². The van der Waals surface area contributed by atoms with Gasteiger partial charge < -0.3 is 4.90 Å². The topological polar surface area (TPSA) is 50.1 Å². The Hall–Kier alpha value is -2.02. The van der Waals surface area contributed by atoms with Gasteiger partial charge in [-0.25, -0.2) is 9.07 Å². The van der Waals surface area contributed by atoms with Gasteiger partial charge in [0, 0.05) is 26.2 Å². The zero-order valence-corrected chi connectivity index (χ0v) is 16.8. The minimum absolute atomic E-state index is 0.136. The van der Waals surface area contributed by atoms with Crippen molar-refractivity contribution in [2.24, 2.45) is 0 Å². The number of tetrazole rings is 1. The summed E-state index contributed by atoms with van der Waals surface area (Å²) in [7, 11) is 0. The van der Waals surface area contributed by atoms with E-state index in [2.05, 4.69) is 36.9 Å². The second kappa shape index (κ2) is 8.99. The van der Waals surface area contributed by atoms with Crippen molar-refractivity contribution in [3.8, 4) is 0 Å². The fraction of sp³-hybridized carbons (Fsp3) is 0.667. The second-order valence-electron chi connectivity index (χ2n) is 8.05. The lowest BCUT2D eigenvalue weighted by Crippen LogP contribution is -2.48. The van der Waals surface area contributed by atoms with Crippen LogP contribution in [-0.2, 0) is 0 Å². The molecule has 2 aliphatic rings. The molecule has 2 heterocycles. The average Bonchev–Trinajstić information content (AvgIpc) is 3.41. The summed E-state index contributed by atoms with van der Waals surface area (Å²) >= 11 is 0. The highest BCUT2D eigenvalue weighted by molar-refractivity contribution is 5.48. The van der Waals surface area contributed by atoms with Crippen LogP contribution in [0.25, 0.3) is 0 Å². The van der Waals surface area contributed by atoms with E-state index in [0.717, 1.165) is 51.3 Å². The lowest BCUT2D eigenvalue weighted by atomic mass is 10.1. The average molecular weight is 387 g/mol. The number of halogens is 1. The molecule has 0 spiro atoms. The van der Waals surface area contributed by atoms with Crippen molar-refractivity contribution in [2.45, 2.75) is 64.0 Å². The van der Waals surface area contributed by atoms with Crippen LogP contribution in [0.1, 0.15) is 69.8 Å². The van der Waals surface area contributed by atoms with Crippen molar-refractivity contribution in [3.63, 3.8) is 0 Å². The molecule has 28 heavy (non-hydrogen) atoms. The molecule has 1 aliphatic carbocycles. The van der Waals surface area contributed by atoms with Gasteiger partial charge in [-0.05, 0) is 41.8 Å². The molecule has 152 valence electrons. The van der Waals surface area contributed by atoms with Crippen LogP contribution in [0.3, 0.4) is 0 Å². The molecular weight excluding hydrogens is 355 g/mol. The fourth-order valence-electron chi connectivity index (χ4n) is 4.68. The van der Waals surface area contributed by atoms with E-state index in [0.29, 0.717) is 11.7 Å². The molecule has 0 bridgehead atoms. The zero-order valence-electron chi connectivity index (χ0n) is 16.8. The SMILES string of the molecule is CCCCC(c1nnnn1C1CCCC1)N1CCN(c2ccccc2F)CC1. The number of piperazine rings is 1. The molecular formula is C21H31FN6. The molecule has 0 N–H and O–H groups in total. The van der Waals surface area contributed by atoms with E-state index in [1.165, 1.54) is 25.7 Å². The Morgan fingerprint density at radius 3 is 2.57 bits per heavy atom. The van der Waals surface area contributed by atoms with Gasteiger partial charge in [-0.2, -0.15) is 0 Å². The van der Waals surface area contributed by atoms with Crippen molar-refractivity contribution in [2.75, 3.05) is 31.1 Å². The van der Waals surface area contributed by atoms with E-state index in [1.807, 2.05) is 12.1 Å². The van der Waals surface area contributed by atoms with Gasteiger partial charge >= 0.3 is 0 Å². The largest absolute Gasteiger partial charge is 0.367 e. The van der Waals surface area contributed by atoms with Crippen molar-refractivity contribution in [1.29, 1.82) is 0 Å². The van der Waals surface area contributed by atoms with Gasteiger partial charge in [0.15, 0.2) is 5.82 Å². The number of hydrogen-bond donors (Lipinski definition) is 0. The van der Waals surface area contributed by atoms with Crippen molar-refractivity contribution in [1.82, 2.24) is 25.1 Å². The Bertz CT molecular complexity index is 749. The third-order valence-corrected chi connectivity index (χ3v) is 6.27. The van der Waals surface area contributed by atoms with Gasteiger partial charge in [-0.15, -0.1) is 5.10 Å². The van der Waals surface area contributed by atoms with Gasteiger partial charge in [-0.3, -0.25) is 4.90 Å². The van der Waals surface area contributed by atoms with Crippen LogP contribution in [0.4, 0.5) is 10.1 Å². The number of para-hydroxylation sites is 1. The Kier molecular flexibility index (Phi) is 6.20. The van der Waals surface area contributed by atoms with E-state index in [9.17, 15) is 4.39 Å². The quantitative estimate of drug-likeness (QED) is 0.720. The van der Waals surface area contributed by atoms with Crippen LogP contribution in [0.15, 0.2) is 24.3 Å². The van der Waals surface area contributed by atoms with Gasteiger partial charge in [0.25, 0.3) is 0 Å². The summed E-state index contributed by atoms with van der Waals surface area (Å²) < 4.78 is 16.3. The first-order chi connectivity index (χ1) is 13.8. The van der Waals surface area contributed by atoms with Gasteiger partial charge in [0.05, 0.1) is 17.8 Å². The standard InChI is InChI=1S/C21H31FN6/c1-2-3-11-20(21-23-24-25-28(21)17-8-4-5-9-17)27-15-13-26(14-16-27)19-12-7-6-10-18(19)22/h6-7,10,12,17,20H,2-5,8-9,11,13-16H2,1H3. The first-order valence-corrected chi connectivity index (χ1v) is 10.8. The van der Waals surface area contributed by atoms with E-state index in [1.54, 1.807) is 12.1 Å². The molecule has 2 aromatic rings. The van der Waals surface area contributed by atoms with Crippen molar-refractivity contribution < 1.29 is 4.39 Å². The van der Waals surface area contributed by atoms with Crippen LogP contribution < -0.4 is 4.90 Å². The number of anilines is 1. The molecule has 6 nitrogen and oxygen atoms in total. The number of benzene rings is 1. The maximum absolute atomic E-state index is 14.2. The monoisotopic (exact) mass is 386 g/mol. The molecule has 1 saturated heterocycles. The number of unbranched alkanes of at least 4 members (excludes halogenated alkanes) is 1. The molecule has 1 unspecified atom stereocenters. The Labute approximate surface area is 166 Å². The minimum Gasteiger partial charge on any atom is -0.367 e. The molecule has 1 saturated carbocycles. The molecule has 1 aliphatic heterocycles. The Morgan fingerprint density at radius 2 is 1.86 bits per heavy atom. The van der Waals surface area contributed by atoms with Gasteiger partial charge in [0.1, 0.15) is 5.82 Å². The molecule has 0 amide bonds. The zero-order chi connectivity index (χ0) is 19.3. The molecule has 0 radical (unpaired) electrons. The summed E-state index contributed by atoms with van der Waals surface area (Å²) in [5.74, 6) is 0.892. The highest BCUT2D eigenvalue weighted by Crippen LogP contribution is 2.33. The number of rotatable bonds is 7.